The summed E-state index contributed by atoms with van der Waals surface area (Å²) in [6.45, 7) is 6.58. The average molecular weight is 1740 g/mol. The Bertz CT molecular complexity index is 4110. The van der Waals surface area contributed by atoms with Crippen molar-refractivity contribution in [3.05, 3.63) is 65.9 Å². The van der Waals surface area contributed by atoms with Crippen LogP contribution in [0.4, 0.5) is 0 Å². The van der Waals surface area contributed by atoms with Crippen LogP contribution < -0.4 is 87.2 Å². The molecule has 42 nitrogen and oxygen atoms in total. The molecule has 2 aliphatic heterocycles. The van der Waals surface area contributed by atoms with Crippen LogP contribution in [0.15, 0.2) is 59.7 Å². The first-order chi connectivity index (χ1) is 57.9. The molecule has 0 aliphatic carbocycles. The number of phenols is 1. The van der Waals surface area contributed by atoms with E-state index >= 15 is 0 Å². The first-order valence-corrected chi connectivity index (χ1v) is 41.6. The van der Waals surface area contributed by atoms with Gasteiger partial charge in [0.2, 0.25) is 76.8 Å². The molecule has 0 bridgehead atoms. The number of carbonyl (C=O) groups excluding carboxylic acids is 13. The fourth-order valence-corrected chi connectivity index (χ4v) is 14.2. The number of carbonyl (C=O) groups is 16. The summed E-state index contributed by atoms with van der Waals surface area (Å²) >= 11 is 4.05. The zero-order valence-corrected chi connectivity index (χ0v) is 70.2. The number of carboxylic acids is 3. The Labute approximate surface area is 711 Å². The highest BCUT2D eigenvalue weighted by Gasteiger charge is 2.44. The molecular formula is C79H122N20O22S. The molecule has 0 saturated carbocycles. The van der Waals surface area contributed by atoms with Gasteiger partial charge in [-0.3, -0.25) is 76.9 Å². The number of aliphatic hydroxyl groups excluding tert-OH is 2. The van der Waals surface area contributed by atoms with Crippen LogP contribution in [0.5, 0.6) is 5.75 Å². The summed E-state index contributed by atoms with van der Waals surface area (Å²) in [6.07, 6.45) is -0.376. The molecule has 2 saturated heterocycles. The lowest BCUT2D eigenvalue weighted by atomic mass is 9.96. The number of H-pyrrole nitrogens is 1. The molecule has 3 heterocycles. The Morgan fingerprint density at radius 3 is 1.52 bits per heavy atom. The van der Waals surface area contributed by atoms with Crippen LogP contribution >= 0.6 is 12.6 Å². The topological polar surface area (TPSA) is 692 Å². The van der Waals surface area contributed by atoms with Crippen molar-refractivity contribution < 1.29 is 107 Å². The number of hydrogen-bond acceptors (Lipinski definition) is 24. The molecule has 13 amide bonds. The first-order valence-electron chi connectivity index (χ1n) is 40.9. The number of aromatic amines is 1. The van der Waals surface area contributed by atoms with E-state index in [1.54, 1.807) is 44.3 Å². The summed E-state index contributed by atoms with van der Waals surface area (Å²) in [4.78, 5) is 232. The first kappa shape index (κ1) is 101. The van der Waals surface area contributed by atoms with Crippen molar-refractivity contribution in [3.63, 3.8) is 0 Å². The van der Waals surface area contributed by atoms with Gasteiger partial charge >= 0.3 is 17.9 Å². The summed E-state index contributed by atoms with van der Waals surface area (Å²) in [5, 5.41) is 89.5. The number of fused-ring (bicyclic) bond motifs is 1. The highest BCUT2D eigenvalue weighted by Crippen LogP contribution is 2.25. The number of nitrogens with two attached hydrogens (primary N) is 5. The van der Waals surface area contributed by atoms with Gasteiger partial charge in [-0.2, -0.15) is 12.6 Å². The van der Waals surface area contributed by atoms with Gasteiger partial charge in [-0.15, -0.1) is 0 Å². The third-order valence-corrected chi connectivity index (χ3v) is 21.5. The third-order valence-electron chi connectivity index (χ3n) is 21.1. The number of para-hydroxylation sites is 1. The Morgan fingerprint density at radius 2 is 0.984 bits per heavy atom. The van der Waals surface area contributed by atoms with Gasteiger partial charge in [-0.1, -0.05) is 64.4 Å². The molecule has 43 heteroatoms. The zero-order chi connectivity index (χ0) is 90.6. The van der Waals surface area contributed by atoms with Crippen molar-refractivity contribution in [1.29, 1.82) is 0 Å². The van der Waals surface area contributed by atoms with Gasteiger partial charge in [0.25, 0.3) is 0 Å². The number of guanidine groups is 1. The van der Waals surface area contributed by atoms with Crippen LogP contribution in [0, 0.1) is 11.8 Å². The van der Waals surface area contributed by atoms with Crippen LogP contribution in [0.25, 0.3) is 10.9 Å². The Morgan fingerprint density at radius 1 is 0.525 bits per heavy atom. The molecule has 0 spiro atoms. The van der Waals surface area contributed by atoms with E-state index in [-0.39, 0.29) is 127 Å². The Balaban J connectivity index is 1.35. The van der Waals surface area contributed by atoms with Crippen molar-refractivity contribution in [1.82, 2.24) is 73.3 Å². The number of carboxylic acid groups (broad SMARTS) is 3. The lowest BCUT2D eigenvalue weighted by Gasteiger charge is -2.32. The molecule has 16 atom stereocenters. The van der Waals surface area contributed by atoms with Crippen molar-refractivity contribution >= 4 is 124 Å². The summed E-state index contributed by atoms with van der Waals surface area (Å²) in [5.41, 5.74) is 30.4. The minimum Gasteiger partial charge on any atom is -0.508 e. The number of aromatic nitrogens is 1. The van der Waals surface area contributed by atoms with Crippen LogP contribution in [-0.4, -0.2) is 282 Å². The number of nitrogens with zero attached hydrogens (tertiary/aromatic N) is 3. The van der Waals surface area contributed by atoms with E-state index in [0.717, 1.165) is 11.8 Å². The SMILES string of the molecule is CC[C@H](C)[C@H](NC(=O)[C@@H]1CCCN1C(=O)[C@H](CCC(=O)O)NC(=O)[C@H](CO)NC(=O)[C@@H](NC(=O)[C@@H](NC(=O)[C@H](Cc1ccc(O)cc1)NC(=O)[C@H](CCCCN)NC(=O)[C@@H]1CCCN1C(=O)[C@@H](N)CCC(=O)O)[C@@H](C)O)C(C)C)C(=O)N[C@@H](CCCN=C(N)N)C(=O)N[C@@H](Cc1c[nH]c2ccccc12)C(=O)N[C@@H](CCCCN)C(=O)N[C@@H](CS)C(=O)O. The third kappa shape index (κ3) is 31.6. The van der Waals surface area contributed by atoms with E-state index in [1.165, 1.54) is 43.0 Å². The van der Waals surface area contributed by atoms with E-state index in [1.807, 2.05) is 0 Å². The number of likely N-dealkylation sites (tertiary alicyclic amines) is 2. The predicted molar refractivity (Wildman–Crippen MR) is 447 cm³/mol. The number of phenolic OH excluding ortho intramolecular Hbond substituents is 1. The van der Waals surface area contributed by atoms with Crippen LogP contribution in [-0.2, 0) is 89.6 Å². The maximum absolute atomic E-state index is 14.9. The molecule has 2 fully saturated rings. The normalized spacial score (nSPS) is 17.2. The molecule has 122 heavy (non-hydrogen) atoms. The second-order valence-electron chi connectivity index (χ2n) is 30.8. The van der Waals surface area contributed by atoms with E-state index in [9.17, 15) is 102 Å². The van der Waals surface area contributed by atoms with E-state index in [2.05, 4.69) is 81.1 Å². The monoisotopic (exact) mass is 1730 g/mol. The number of benzene rings is 2. The van der Waals surface area contributed by atoms with Crippen molar-refractivity contribution in [2.75, 3.05) is 45.1 Å². The molecule has 5 rings (SSSR count). The number of aliphatic carboxylic acids is 3. The number of nitrogens with one attached hydrogen (secondary N) is 12. The fraction of sp³-hybridized carbons (Fsp3) is 0.608. The number of rotatable bonds is 53. The molecule has 1 aromatic heterocycles. The number of hydrogen-bond donors (Lipinski definition) is 24. The lowest BCUT2D eigenvalue weighted by Crippen LogP contribution is -2.63. The van der Waals surface area contributed by atoms with Crippen LogP contribution in [0.2, 0.25) is 0 Å². The number of unbranched alkanes of at least 4 members (excludes halogenated alkanes) is 2. The highest BCUT2D eigenvalue weighted by molar-refractivity contribution is 7.80. The molecule has 0 unspecified atom stereocenters. The minimum absolute atomic E-state index is 0.00751. The quantitative estimate of drug-likeness (QED) is 0.0109. The zero-order valence-electron chi connectivity index (χ0n) is 69.3. The van der Waals surface area contributed by atoms with Gasteiger partial charge in [0.15, 0.2) is 5.96 Å². The molecule has 28 N–H and O–H groups in total. The largest absolute Gasteiger partial charge is 0.508 e. The highest BCUT2D eigenvalue weighted by atomic mass is 32.1. The molecule has 0 radical (unpaired) electrons. The van der Waals surface area contributed by atoms with Crippen molar-refractivity contribution in [2.45, 2.75) is 247 Å². The van der Waals surface area contributed by atoms with Gasteiger partial charge in [0.1, 0.15) is 84.3 Å². The second kappa shape index (κ2) is 50.8. The summed E-state index contributed by atoms with van der Waals surface area (Å²) in [5.74, 6) is -18.7. The van der Waals surface area contributed by atoms with Crippen molar-refractivity contribution in [3.8, 4) is 5.75 Å². The van der Waals surface area contributed by atoms with Gasteiger partial charge in [0.05, 0.1) is 18.8 Å². The van der Waals surface area contributed by atoms with Crippen molar-refractivity contribution in [2.24, 2.45) is 45.5 Å². The van der Waals surface area contributed by atoms with E-state index in [4.69, 9.17) is 33.8 Å². The lowest BCUT2D eigenvalue weighted by molar-refractivity contribution is -0.144. The molecular weight excluding hydrogens is 1610 g/mol. The van der Waals surface area contributed by atoms with Gasteiger partial charge in [0, 0.05) is 68.2 Å². The van der Waals surface area contributed by atoms with E-state index < -0.39 is 223 Å². The standard InChI is InChI=1S/C79H122N20O22S/c1-6-42(4)63(74(116)89-52(20-13-33-85-79(83)84)66(108)92-55(37-45-38-86-49-17-8-7-16-47(45)49)68(110)87-50(18-9-11-31-80)67(109)94-57(40-122)78(120)121)96-72(114)59-22-15-35-99(59)77(119)53(28-30-61(105)106)90-70(112)56(39-100)93-73(115)62(41(2)3)95-75(117)64(43(5)101)97-69(111)54(36-44-23-25-46(102)26-24-44)91-65(107)51(19-10-12-32-81)88-71(113)58-21-14-34-98(58)76(118)48(82)27-29-60(103)104/h7-8,16-17,23-26,38,41-43,48,50-59,62-64,86,100-102,122H,6,9-15,18-22,27-37,39-40,80-82H2,1-5H3,(H,87,110)(H,88,113)(H,89,116)(H,90,112)(H,91,107)(H,92,108)(H,93,115)(H,94,109)(H,95,117)(H,96,114)(H,97,111)(H,103,104)(H,105,106)(H,120,121)(H4,83,84,85)/t42-,43+,48-,50-,51-,52-,53-,54-,55-,56-,57-,58-,59-,62-,63-,64-/m0/s1. The summed E-state index contributed by atoms with van der Waals surface area (Å²) in [7, 11) is 0. The fourth-order valence-electron chi connectivity index (χ4n) is 14.0. The Hall–Kier alpha value is -11.3. The van der Waals surface area contributed by atoms with Crippen LogP contribution in [0.1, 0.15) is 155 Å². The number of amides is 13. The number of aromatic hydroxyl groups is 1. The number of thiol groups is 1. The number of aliphatic hydroxyl groups is 2. The maximum Gasteiger partial charge on any atom is 0.327 e. The molecule has 3 aromatic rings. The van der Waals surface area contributed by atoms with E-state index in [0.29, 0.717) is 47.7 Å². The molecule has 2 aromatic carbocycles. The Kier molecular flexibility index (Phi) is 42.2. The van der Waals surface area contributed by atoms with Gasteiger partial charge < -0.3 is 133 Å². The maximum atomic E-state index is 14.9. The van der Waals surface area contributed by atoms with Crippen LogP contribution in [0.3, 0.4) is 0 Å². The van der Waals surface area contributed by atoms with Gasteiger partial charge in [-0.25, -0.2) is 4.79 Å². The second-order valence-corrected chi connectivity index (χ2v) is 31.2. The predicted octanol–water partition coefficient (Wildman–Crippen LogP) is -4.57. The molecule has 676 valence electrons. The minimum atomic E-state index is -1.94. The molecule has 2 aliphatic rings. The summed E-state index contributed by atoms with van der Waals surface area (Å²) in [6, 6.07) is -8.58. The average Bonchev–Trinajstić information content (AvgIpc) is 1.64. The summed E-state index contributed by atoms with van der Waals surface area (Å²) < 4.78 is 0. The smallest absolute Gasteiger partial charge is 0.327 e. The number of aliphatic imine (C=N–C) groups is 1. The van der Waals surface area contributed by atoms with Gasteiger partial charge in [-0.05, 0) is 151 Å².